The second kappa shape index (κ2) is 10.3. The van der Waals surface area contributed by atoms with E-state index in [1.807, 2.05) is 36.4 Å². The van der Waals surface area contributed by atoms with E-state index in [4.69, 9.17) is 4.74 Å². The van der Waals surface area contributed by atoms with E-state index >= 15 is 0 Å². The molecule has 0 atom stereocenters. The molecule has 2 N–H and O–H groups in total. The Morgan fingerprint density at radius 1 is 0.931 bits per heavy atom. The maximum Gasteiger partial charge on any atom is 0.410 e. The molecule has 2 aromatic rings. The molecular weight excluding hydrogens is 370 g/mol. The Balaban J connectivity index is 1.34. The van der Waals surface area contributed by atoms with Gasteiger partial charge in [-0.15, -0.1) is 0 Å². The normalized spacial score (nSPS) is 14.1. The van der Waals surface area contributed by atoms with E-state index in [1.165, 1.54) is 0 Å². The molecule has 0 aromatic heterocycles. The zero-order valence-corrected chi connectivity index (χ0v) is 16.2. The first-order valence-electron chi connectivity index (χ1n) is 9.70. The van der Waals surface area contributed by atoms with E-state index in [-0.39, 0.29) is 37.1 Å². The third-order valence-electron chi connectivity index (χ3n) is 4.77. The van der Waals surface area contributed by atoms with Gasteiger partial charge in [0.15, 0.2) is 0 Å². The Morgan fingerprint density at radius 3 is 2.21 bits per heavy atom. The van der Waals surface area contributed by atoms with Crippen LogP contribution in [-0.2, 0) is 16.1 Å². The van der Waals surface area contributed by atoms with Gasteiger partial charge in [-0.1, -0.05) is 48.5 Å². The minimum absolute atomic E-state index is 0.0192. The Bertz CT molecular complexity index is 818. The van der Waals surface area contributed by atoms with Crippen molar-refractivity contribution >= 4 is 17.9 Å². The molecule has 2 aromatic carbocycles. The van der Waals surface area contributed by atoms with Gasteiger partial charge >= 0.3 is 6.09 Å². The van der Waals surface area contributed by atoms with Crippen LogP contribution in [0.15, 0.2) is 60.7 Å². The number of hydrogen-bond donors (Lipinski definition) is 2. The summed E-state index contributed by atoms with van der Waals surface area (Å²) < 4.78 is 5.34. The minimum Gasteiger partial charge on any atom is -0.445 e. The van der Waals surface area contributed by atoms with Gasteiger partial charge in [0.05, 0.1) is 6.54 Å². The third-order valence-corrected chi connectivity index (χ3v) is 4.77. The number of rotatable bonds is 6. The molecule has 29 heavy (non-hydrogen) atoms. The van der Waals surface area contributed by atoms with Crippen molar-refractivity contribution in [3.05, 3.63) is 71.8 Å². The van der Waals surface area contributed by atoms with Crippen LogP contribution in [0.25, 0.3) is 0 Å². The fourth-order valence-corrected chi connectivity index (χ4v) is 3.15. The number of ether oxygens (including phenoxy) is 1. The summed E-state index contributed by atoms with van der Waals surface area (Å²) >= 11 is 0. The summed E-state index contributed by atoms with van der Waals surface area (Å²) in [6, 6.07) is 18.3. The summed E-state index contributed by atoms with van der Waals surface area (Å²) in [4.78, 5) is 37.9. The average molecular weight is 395 g/mol. The summed E-state index contributed by atoms with van der Waals surface area (Å²) in [6.07, 6.45) is 0.964. The summed E-state index contributed by atoms with van der Waals surface area (Å²) in [5, 5.41) is 5.52. The lowest BCUT2D eigenvalue weighted by molar-refractivity contribution is -0.121. The molecule has 1 heterocycles. The molecule has 7 nitrogen and oxygen atoms in total. The van der Waals surface area contributed by atoms with E-state index in [0.29, 0.717) is 31.5 Å². The average Bonchev–Trinajstić information content (AvgIpc) is 2.77. The first kappa shape index (κ1) is 20.4. The van der Waals surface area contributed by atoms with E-state index in [1.54, 1.807) is 29.2 Å². The molecule has 152 valence electrons. The maximum absolute atomic E-state index is 12.2. The lowest BCUT2D eigenvalue weighted by Crippen LogP contribution is -2.48. The third kappa shape index (κ3) is 6.34. The predicted molar refractivity (Wildman–Crippen MR) is 108 cm³/mol. The predicted octanol–water partition coefficient (Wildman–Crippen LogP) is 2.33. The SMILES string of the molecule is O=C(CNC(=O)c1ccccc1)NC1CCN(C(=O)OCc2ccccc2)CC1. The van der Waals surface area contributed by atoms with Crippen LogP contribution < -0.4 is 10.6 Å². The fraction of sp³-hybridized carbons (Fsp3) is 0.318. The molecule has 0 saturated carbocycles. The minimum atomic E-state index is -0.339. The van der Waals surface area contributed by atoms with Crippen molar-refractivity contribution in [1.82, 2.24) is 15.5 Å². The first-order chi connectivity index (χ1) is 14.1. The van der Waals surface area contributed by atoms with Gasteiger partial charge in [0.25, 0.3) is 5.91 Å². The molecular formula is C22H25N3O4. The van der Waals surface area contributed by atoms with Gasteiger partial charge in [0, 0.05) is 24.7 Å². The molecule has 1 aliphatic heterocycles. The highest BCUT2D eigenvalue weighted by Crippen LogP contribution is 2.12. The van der Waals surface area contributed by atoms with Gasteiger partial charge in [0.2, 0.25) is 5.91 Å². The van der Waals surface area contributed by atoms with Gasteiger partial charge in [-0.25, -0.2) is 4.79 Å². The number of hydrogen-bond acceptors (Lipinski definition) is 4. The number of piperidine rings is 1. The summed E-state index contributed by atoms with van der Waals surface area (Å²) in [7, 11) is 0. The second-order valence-corrected chi connectivity index (χ2v) is 6.92. The van der Waals surface area contributed by atoms with Crippen LogP contribution in [0, 0.1) is 0 Å². The van der Waals surface area contributed by atoms with Crippen LogP contribution in [0.2, 0.25) is 0 Å². The molecule has 0 aliphatic carbocycles. The lowest BCUT2D eigenvalue weighted by Gasteiger charge is -2.31. The van der Waals surface area contributed by atoms with E-state index in [9.17, 15) is 14.4 Å². The van der Waals surface area contributed by atoms with Crippen LogP contribution in [0.3, 0.4) is 0 Å². The number of nitrogens with one attached hydrogen (secondary N) is 2. The van der Waals surface area contributed by atoms with Crippen LogP contribution in [-0.4, -0.2) is 48.5 Å². The topological polar surface area (TPSA) is 87.7 Å². The van der Waals surface area contributed by atoms with Crippen molar-refractivity contribution < 1.29 is 19.1 Å². The fourth-order valence-electron chi connectivity index (χ4n) is 3.15. The van der Waals surface area contributed by atoms with Gasteiger partial charge < -0.3 is 20.3 Å². The first-order valence-corrected chi connectivity index (χ1v) is 9.70. The standard InChI is InChI=1S/C22H25N3O4/c26-20(15-23-21(27)18-9-5-2-6-10-18)24-19-11-13-25(14-12-19)22(28)29-16-17-7-3-1-4-8-17/h1-10,19H,11-16H2,(H,23,27)(H,24,26). The van der Waals surface area contributed by atoms with Crippen molar-refractivity contribution in [2.45, 2.75) is 25.5 Å². The van der Waals surface area contributed by atoms with Crippen molar-refractivity contribution in [1.29, 1.82) is 0 Å². The van der Waals surface area contributed by atoms with Crippen LogP contribution in [0.1, 0.15) is 28.8 Å². The second-order valence-electron chi connectivity index (χ2n) is 6.92. The lowest BCUT2D eigenvalue weighted by atomic mass is 10.1. The van der Waals surface area contributed by atoms with Gasteiger partial charge in [-0.05, 0) is 30.5 Å². The summed E-state index contributed by atoms with van der Waals surface area (Å²) in [6.45, 7) is 1.22. The van der Waals surface area contributed by atoms with E-state index in [0.717, 1.165) is 5.56 Å². The number of likely N-dealkylation sites (tertiary alicyclic amines) is 1. The maximum atomic E-state index is 12.2. The highest BCUT2D eigenvalue weighted by atomic mass is 16.6. The summed E-state index contributed by atoms with van der Waals surface area (Å²) in [5.74, 6) is -0.517. The molecule has 3 rings (SSSR count). The van der Waals surface area contributed by atoms with Crippen LogP contribution in [0.5, 0.6) is 0 Å². The van der Waals surface area contributed by atoms with Gasteiger partial charge in [0.1, 0.15) is 6.61 Å². The zero-order valence-electron chi connectivity index (χ0n) is 16.2. The number of benzene rings is 2. The molecule has 3 amide bonds. The number of carbonyl (C=O) groups excluding carboxylic acids is 3. The van der Waals surface area contributed by atoms with Crippen molar-refractivity contribution in [3.63, 3.8) is 0 Å². The Kier molecular flexibility index (Phi) is 7.22. The quantitative estimate of drug-likeness (QED) is 0.786. The Morgan fingerprint density at radius 2 is 1.55 bits per heavy atom. The smallest absolute Gasteiger partial charge is 0.410 e. The van der Waals surface area contributed by atoms with E-state index < -0.39 is 0 Å². The molecule has 0 spiro atoms. The number of nitrogens with zero attached hydrogens (tertiary/aromatic N) is 1. The summed E-state index contributed by atoms with van der Waals surface area (Å²) in [5.41, 5.74) is 1.46. The number of carbonyl (C=O) groups is 3. The highest BCUT2D eigenvalue weighted by molar-refractivity contribution is 5.96. The van der Waals surface area contributed by atoms with Crippen LogP contribution >= 0.6 is 0 Å². The molecule has 0 bridgehead atoms. The largest absolute Gasteiger partial charge is 0.445 e. The molecule has 1 fully saturated rings. The highest BCUT2D eigenvalue weighted by Gasteiger charge is 2.24. The number of amides is 3. The van der Waals surface area contributed by atoms with Crippen molar-refractivity contribution in [2.24, 2.45) is 0 Å². The monoisotopic (exact) mass is 395 g/mol. The van der Waals surface area contributed by atoms with Gasteiger partial charge in [-0.2, -0.15) is 0 Å². The van der Waals surface area contributed by atoms with Crippen LogP contribution in [0.4, 0.5) is 4.79 Å². The molecule has 7 heteroatoms. The van der Waals surface area contributed by atoms with Gasteiger partial charge in [-0.3, -0.25) is 9.59 Å². The van der Waals surface area contributed by atoms with E-state index in [2.05, 4.69) is 10.6 Å². The Labute approximate surface area is 170 Å². The van der Waals surface area contributed by atoms with Crippen molar-refractivity contribution in [2.75, 3.05) is 19.6 Å². The molecule has 1 aliphatic rings. The molecule has 0 radical (unpaired) electrons. The zero-order chi connectivity index (χ0) is 20.5. The Hall–Kier alpha value is -3.35. The van der Waals surface area contributed by atoms with Crippen molar-refractivity contribution in [3.8, 4) is 0 Å². The molecule has 1 saturated heterocycles. The molecule has 0 unspecified atom stereocenters.